The van der Waals surface area contributed by atoms with Crippen LogP contribution in [0.25, 0.3) is 0 Å². The van der Waals surface area contributed by atoms with Gasteiger partial charge in [-0.1, -0.05) is 20.8 Å². The van der Waals surface area contributed by atoms with E-state index in [2.05, 4.69) is 5.32 Å². The number of amides is 1. The lowest BCUT2D eigenvalue weighted by Crippen LogP contribution is -2.57. The van der Waals surface area contributed by atoms with E-state index in [1.54, 1.807) is 0 Å². The Morgan fingerprint density at radius 1 is 1.24 bits per heavy atom. The molecule has 0 aliphatic carbocycles. The lowest BCUT2D eigenvalue weighted by atomic mass is 9.92. The molecule has 0 spiro atoms. The van der Waals surface area contributed by atoms with E-state index in [1.807, 2.05) is 20.8 Å². The fourth-order valence-corrected chi connectivity index (χ4v) is 4.11. The number of carbonyl (C=O) groups excluding carboxylic acids is 1. The third-order valence-corrected chi connectivity index (χ3v) is 6.43. The van der Waals surface area contributed by atoms with Crippen LogP contribution in [0.2, 0.25) is 0 Å². The summed E-state index contributed by atoms with van der Waals surface area (Å²) in [5.74, 6) is 0.0732. The molecule has 0 unspecified atom stereocenters. The highest BCUT2D eigenvalue weighted by atomic mass is 32.2. The summed E-state index contributed by atoms with van der Waals surface area (Å²) >= 11 is 0. The van der Waals surface area contributed by atoms with Gasteiger partial charge in [-0.3, -0.25) is 4.79 Å². The third-order valence-electron chi connectivity index (χ3n) is 4.36. The fourth-order valence-electron chi connectivity index (χ4n) is 2.57. The minimum Gasteiger partial charge on any atom is -0.352 e. The zero-order chi connectivity index (χ0) is 16.1. The molecule has 0 bridgehead atoms. The highest BCUT2D eigenvalue weighted by Crippen LogP contribution is 2.17. The first kappa shape index (κ1) is 18.4. The molecule has 1 saturated heterocycles. The molecule has 21 heavy (non-hydrogen) atoms. The van der Waals surface area contributed by atoms with Crippen molar-refractivity contribution in [2.45, 2.75) is 64.5 Å². The second-order valence-electron chi connectivity index (χ2n) is 5.83. The summed E-state index contributed by atoms with van der Waals surface area (Å²) in [6.45, 7) is 6.62. The molecule has 7 heteroatoms. The van der Waals surface area contributed by atoms with Crippen LogP contribution in [0.15, 0.2) is 0 Å². The van der Waals surface area contributed by atoms with Gasteiger partial charge >= 0.3 is 0 Å². The van der Waals surface area contributed by atoms with Gasteiger partial charge in [0.15, 0.2) is 0 Å². The fraction of sp³-hybridized carbons (Fsp3) is 0.929. The van der Waals surface area contributed by atoms with Crippen LogP contribution in [0.3, 0.4) is 0 Å². The summed E-state index contributed by atoms with van der Waals surface area (Å²) in [5, 5.41) is 2.98. The second kappa shape index (κ2) is 7.56. The molecule has 1 rings (SSSR count). The smallest absolute Gasteiger partial charge is 0.240 e. The van der Waals surface area contributed by atoms with Gasteiger partial charge < -0.3 is 11.1 Å². The quantitative estimate of drug-likeness (QED) is 0.727. The molecule has 124 valence electrons. The van der Waals surface area contributed by atoms with Gasteiger partial charge in [0, 0.05) is 19.1 Å². The Morgan fingerprint density at radius 3 is 2.19 bits per heavy atom. The Hall–Kier alpha value is -0.660. The maximum atomic E-state index is 12.2. The van der Waals surface area contributed by atoms with Crippen molar-refractivity contribution in [3.63, 3.8) is 0 Å². The molecular weight excluding hydrogens is 290 g/mol. The number of hydrogen-bond donors (Lipinski definition) is 2. The van der Waals surface area contributed by atoms with Crippen molar-refractivity contribution < 1.29 is 13.2 Å². The van der Waals surface area contributed by atoms with Gasteiger partial charge in [-0.05, 0) is 32.1 Å². The molecule has 0 aromatic heterocycles. The van der Waals surface area contributed by atoms with E-state index in [4.69, 9.17) is 5.73 Å². The topological polar surface area (TPSA) is 92.5 Å². The number of nitrogens with one attached hydrogen (secondary N) is 1. The van der Waals surface area contributed by atoms with Crippen LogP contribution in [0.5, 0.6) is 0 Å². The zero-order valence-electron chi connectivity index (χ0n) is 13.4. The van der Waals surface area contributed by atoms with Crippen LogP contribution in [0.4, 0.5) is 0 Å². The molecule has 6 nitrogen and oxygen atoms in total. The molecule has 1 aliphatic heterocycles. The number of hydrogen-bond acceptors (Lipinski definition) is 4. The Kier molecular flexibility index (Phi) is 6.62. The van der Waals surface area contributed by atoms with Gasteiger partial charge in [-0.15, -0.1) is 0 Å². The minimum atomic E-state index is -3.13. The second-order valence-corrected chi connectivity index (χ2v) is 7.91. The Morgan fingerprint density at radius 2 is 1.76 bits per heavy atom. The summed E-state index contributed by atoms with van der Waals surface area (Å²) < 4.78 is 25.5. The number of piperidine rings is 1. The summed E-state index contributed by atoms with van der Waals surface area (Å²) in [6.07, 6.45) is 3.12. The van der Waals surface area contributed by atoms with Gasteiger partial charge in [-0.2, -0.15) is 0 Å². The van der Waals surface area contributed by atoms with E-state index in [0.717, 1.165) is 0 Å². The number of nitrogens with zero attached hydrogens (tertiary/aromatic N) is 1. The van der Waals surface area contributed by atoms with E-state index in [1.165, 1.54) is 4.31 Å². The van der Waals surface area contributed by atoms with Gasteiger partial charge in [0.1, 0.15) is 0 Å². The zero-order valence-corrected chi connectivity index (χ0v) is 14.2. The van der Waals surface area contributed by atoms with Crippen molar-refractivity contribution in [3.05, 3.63) is 0 Å². The largest absolute Gasteiger partial charge is 0.352 e. The van der Waals surface area contributed by atoms with Crippen molar-refractivity contribution >= 4 is 15.9 Å². The van der Waals surface area contributed by atoms with Gasteiger partial charge in [0.25, 0.3) is 0 Å². The van der Waals surface area contributed by atoms with Gasteiger partial charge in [-0.25, -0.2) is 12.7 Å². The average molecular weight is 319 g/mol. The van der Waals surface area contributed by atoms with Crippen molar-refractivity contribution in [1.82, 2.24) is 9.62 Å². The first-order chi connectivity index (χ1) is 9.79. The van der Waals surface area contributed by atoms with Crippen molar-refractivity contribution in [2.24, 2.45) is 5.73 Å². The SMILES string of the molecule is CCCS(=O)(=O)N1CCC(NC(=O)C(N)(CC)CC)CC1. The molecule has 1 aliphatic rings. The Balaban J connectivity index is 2.53. The maximum absolute atomic E-state index is 12.2. The standard InChI is InChI=1S/C14H29N3O3S/c1-4-11-21(19,20)17-9-7-12(8-10-17)16-13(18)14(15,5-2)6-3/h12H,4-11,15H2,1-3H3,(H,16,18). The number of carbonyl (C=O) groups is 1. The summed E-state index contributed by atoms with van der Waals surface area (Å²) in [4.78, 5) is 12.2. The normalized spacial score (nSPS) is 18.7. The summed E-state index contributed by atoms with van der Waals surface area (Å²) in [7, 11) is -3.13. The average Bonchev–Trinajstić information content (AvgIpc) is 2.46. The molecule has 0 atom stereocenters. The predicted octanol–water partition coefficient (Wildman–Crippen LogP) is 0.824. The molecule has 0 radical (unpaired) electrons. The summed E-state index contributed by atoms with van der Waals surface area (Å²) in [6, 6.07) is 0.0200. The summed E-state index contributed by atoms with van der Waals surface area (Å²) in [5.41, 5.74) is 5.26. The van der Waals surface area contributed by atoms with Crippen LogP contribution in [-0.4, -0.2) is 49.1 Å². The number of rotatable bonds is 7. The molecule has 3 N–H and O–H groups in total. The lowest BCUT2D eigenvalue weighted by Gasteiger charge is -2.34. The van der Waals surface area contributed by atoms with Gasteiger partial charge in [0.05, 0.1) is 11.3 Å². The van der Waals surface area contributed by atoms with E-state index in [-0.39, 0.29) is 17.7 Å². The van der Waals surface area contributed by atoms with Crippen molar-refractivity contribution in [2.75, 3.05) is 18.8 Å². The molecule has 0 aromatic rings. The third kappa shape index (κ3) is 4.66. The van der Waals surface area contributed by atoms with E-state index < -0.39 is 15.6 Å². The number of nitrogens with two attached hydrogens (primary N) is 1. The van der Waals surface area contributed by atoms with Gasteiger partial charge in [0.2, 0.25) is 15.9 Å². The lowest BCUT2D eigenvalue weighted by molar-refractivity contribution is -0.127. The highest BCUT2D eigenvalue weighted by molar-refractivity contribution is 7.89. The molecule has 1 heterocycles. The number of sulfonamides is 1. The van der Waals surface area contributed by atoms with E-state index in [0.29, 0.717) is 45.2 Å². The van der Waals surface area contributed by atoms with Crippen LogP contribution >= 0.6 is 0 Å². The van der Waals surface area contributed by atoms with Crippen molar-refractivity contribution in [1.29, 1.82) is 0 Å². The molecule has 0 saturated carbocycles. The monoisotopic (exact) mass is 319 g/mol. The van der Waals surface area contributed by atoms with E-state index >= 15 is 0 Å². The van der Waals surface area contributed by atoms with Crippen LogP contribution in [0, 0.1) is 0 Å². The first-order valence-electron chi connectivity index (χ1n) is 7.86. The maximum Gasteiger partial charge on any atom is 0.240 e. The Bertz CT molecular complexity index is 438. The Labute approximate surface area is 128 Å². The molecule has 1 amide bonds. The van der Waals surface area contributed by atoms with Crippen LogP contribution in [0.1, 0.15) is 52.9 Å². The predicted molar refractivity (Wildman–Crippen MR) is 84.3 cm³/mol. The molecule has 0 aromatic carbocycles. The highest BCUT2D eigenvalue weighted by Gasteiger charge is 2.33. The molecular formula is C14H29N3O3S. The first-order valence-corrected chi connectivity index (χ1v) is 9.47. The molecule has 1 fully saturated rings. The van der Waals surface area contributed by atoms with Crippen LogP contribution in [-0.2, 0) is 14.8 Å². The van der Waals surface area contributed by atoms with Crippen molar-refractivity contribution in [3.8, 4) is 0 Å². The van der Waals surface area contributed by atoms with E-state index in [9.17, 15) is 13.2 Å². The van der Waals surface area contributed by atoms with Crippen LogP contribution < -0.4 is 11.1 Å². The minimum absolute atomic E-state index is 0.0200.